The highest BCUT2D eigenvalue weighted by atomic mass is 32.1. The molecule has 12 rings (SSSR count). The molecule has 0 saturated heterocycles. The lowest BCUT2D eigenvalue weighted by atomic mass is 10.0. The molecular weight excluding hydrogens is 701 g/mol. The molecule has 0 aliphatic heterocycles. The van der Waals surface area contributed by atoms with Gasteiger partial charge in [-0.2, -0.15) is 0 Å². The highest BCUT2D eigenvalue weighted by Gasteiger charge is 2.21. The third kappa shape index (κ3) is 4.70. The normalized spacial score (nSPS) is 11.9. The van der Waals surface area contributed by atoms with E-state index in [9.17, 15) is 0 Å². The zero-order chi connectivity index (χ0) is 36.7. The fraction of sp³-hybridized carbons (Fsp3) is 0. The molecule has 56 heavy (non-hydrogen) atoms. The number of aromatic nitrogens is 1. The Balaban J connectivity index is 1.03. The van der Waals surface area contributed by atoms with Gasteiger partial charge >= 0.3 is 0 Å². The van der Waals surface area contributed by atoms with Crippen LogP contribution in [-0.2, 0) is 0 Å². The van der Waals surface area contributed by atoms with E-state index in [1.165, 1.54) is 64.2 Å². The minimum Gasteiger partial charge on any atom is -0.455 e. The van der Waals surface area contributed by atoms with Gasteiger partial charge in [0, 0.05) is 58.8 Å². The number of para-hydroxylation sites is 2. The van der Waals surface area contributed by atoms with Crippen LogP contribution >= 0.6 is 11.3 Å². The number of rotatable bonds is 5. The third-order valence-corrected chi connectivity index (χ3v) is 12.5. The van der Waals surface area contributed by atoms with Crippen molar-refractivity contribution in [2.75, 3.05) is 4.90 Å². The summed E-state index contributed by atoms with van der Waals surface area (Å²) in [6, 6.07) is 70.2. The molecule has 12 aromatic rings. The lowest BCUT2D eigenvalue weighted by Gasteiger charge is -2.26. The first-order valence-electron chi connectivity index (χ1n) is 19.0. The van der Waals surface area contributed by atoms with Gasteiger partial charge in [0.15, 0.2) is 0 Å². The molecule has 0 N–H and O–H groups in total. The maximum atomic E-state index is 6.68. The van der Waals surface area contributed by atoms with Crippen molar-refractivity contribution in [1.82, 2.24) is 4.57 Å². The maximum Gasteiger partial charge on any atom is 0.143 e. The fourth-order valence-electron chi connectivity index (χ4n) is 8.81. The molecule has 0 aliphatic carbocycles. The number of fused-ring (bicyclic) bond motifs is 11. The molecule has 0 bridgehead atoms. The van der Waals surface area contributed by atoms with Gasteiger partial charge in [-0.15, -0.1) is 11.3 Å². The van der Waals surface area contributed by atoms with Gasteiger partial charge < -0.3 is 13.9 Å². The van der Waals surface area contributed by atoms with Crippen molar-refractivity contribution >= 4 is 103 Å². The first-order valence-corrected chi connectivity index (χ1v) is 19.8. The van der Waals surface area contributed by atoms with Gasteiger partial charge in [-0.25, -0.2) is 0 Å². The van der Waals surface area contributed by atoms with Gasteiger partial charge in [0.05, 0.1) is 22.1 Å². The van der Waals surface area contributed by atoms with Crippen LogP contribution in [0.3, 0.4) is 0 Å². The van der Waals surface area contributed by atoms with Crippen LogP contribution in [0.25, 0.3) is 91.5 Å². The molecule has 3 aromatic heterocycles. The molecule has 9 aromatic carbocycles. The Morgan fingerprint density at radius 3 is 2.02 bits per heavy atom. The van der Waals surface area contributed by atoms with E-state index in [1.54, 1.807) is 0 Å². The van der Waals surface area contributed by atoms with Crippen molar-refractivity contribution in [1.29, 1.82) is 0 Å². The van der Waals surface area contributed by atoms with Crippen LogP contribution in [0, 0.1) is 0 Å². The summed E-state index contributed by atoms with van der Waals surface area (Å²) in [6.45, 7) is 0. The lowest BCUT2D eigenvalue weighted by molar-refractivity contribution is 0.672. The van der Waals surface area contributed by atoms with Crippen LogP contribution in [0.1, 0.15) is 0 Å². The lowest BCUT2D eigenvalue weighted by Crippen LogP contribution is -2.10. The van der Waals surface area contributed by atoms with Crippen molar-refractivity contribution in [3.8, 4) is 16.8 Å². The number of hydrogen-bond acceptors (Lipinski definition) is 3. The standard InChI is InChI=1S/C52H32N2OS/c1-2-12-36(13-3-1)54-45-17-8-6-15-40(45)44-31-35(24-30-46(44)54)33-21-25-37(26-22-33)53(38-27-29-42-41-16-7-9-20-49(41)56-50(42)32-38)47-18-10-19-48-51(47)43-28-23-34-11-4-5-14-39(34)52(43)55-48/h1-32H. The van der Waals surface area contributed by atoms with Crippen molar-refractivity contribution in [2.24, 2.45) is 0 Å². The van der Waals surface area contributed by atoms with Crippen LogP contribution in [0.5, 0.6) is 0 Å². The summed E-state index contributed by atoms with van der Waals surface area (Å²) in [6.07, 6.45) is 0. The SMILES string of the molecule is c1ccc(-n2c3ccccc3c3cc(-c4ccc(N(c5ccc6c(c5)sc5ccccc56)c5cccc6oc7c8ccccc8ccc7c56)cc4)ccc32)cc1. The molecule has 3 heterocycles. The summed E-state index contributed by atoms with van der Waals surface area (Å²) in [7, 11) is 0. The highest BCUT2D eigenvalue weighted by molar-refractivity contribution is 7.25. The Bertz CT molecular complexity index is 3480. The van der Waals surface area contributed by atoms with E-state index in [0.29, 0.717) is 0 Å². The van der Waals surface area contributed by atoms with E-state index in [2.05, 4.69) is 204 Å². The van der Waals surface area contributed by atoms with E-state index in [0.717, 1.165) is 44.4 Å². The Morgan fingerprint density at radius 2 is 1.12 bits per heavy atom. The average molecular weight is 733 g/mol. The quantitative estimate of drug-likeness (QED) is 0.176. The summed E-state index contributed by atoms with van der Waals surface area (Å²) in [5.74, 6) is 0. The first-order chi connectivity index (χ1) is 27.8. The van der Waals surface area contributed by atoms with Crippen LogP contribution in [-0.4, -0.2) is 4.57 Å². The molecule has 0 unspecified atom stereocenters. The molecule has 0 amide bonds. The molecule has 3 nitrogen and oxygen atoms in total. The Hall–Kier alpha value is -7.14. The summed E-state index contributed by atoms with van der Waals surface area (Å²) >= 11 is 1.85. The van der Waals surface area contributed by atoms with E-state index >= 15 is 0 Å². The van der Waals surface area contributed by atoms with Gasteiger partial charge in [-0.3, -0.25) is 0 Å². The first kappa shape index (κ1) is 31.2. The molecule has 0 spiro atoms. The molecular formula is C52H32N2OS. The summed E-state index contributed by atoms with van der Waals surface area (Å²) in [5.41, 5.74) is 11.0. The number of thiophene rings is 1. The highest BCUT2D eigenvalue weighted by Crippen LogP contribution is 2.46. The molecule has 0 atom stereocenters. The van der Waals surface area contributed by atoms with Crippen molar-refractivity contribution in [3.63, 3.8) is 0 Å². The van der Waals surface area contributed by atoms with Gasteiger partial charge in [-0.1, -0.05) is 115 Å². The van der Waals surface area contributed by atoms with E-state index in [4.69, 9.17) is 4.42 Å². The predicted octanol–water partition coefficient (Wildman–Crippen LogP) is 15.3. The largest absolute Gasteiger partial charge is 0.455 e. The molecule has 262 valence electrons. The Morgan fingerprint density at radius 1 is 0.429 bits per heavy atom. The molecule has 0 radical (unpaired) electrons. The zero-order valence-corrected chi connectivity index (χ0v) is 31.0. The monoisotopic (exact) mass is 732 g/mol. The second-order valence-electron chi connectivity index (χ2n) is 14.5. The summed E-state index contributed by atoms with van der Waals surface area (Å²) in [5, 5.41) is 9.59. The minimum absolute atomic E-state index is 0.876. The van der Waals surface area contributed by atoms with E-state index in [-0.39, 0.29) is 0 Å². The molecule has 0 aliphatic rings. The maximum absolute atomic E-state index is 6.68. The second kappa shape index (κ2) is 12.2. The van der Waals surface area contributed by atoms with Crippen LogP contribution < -0.4 is 4.90 Å². The molecule has 4 heteroatoms. The van der Waals surface area contributed by atoms with Crippen LogP contribution in [0.2, 0.25) is 0 Å². The van der Waals surface area contributed by atoms with E-state index < -0.39 is 0 Å². The van der Waals surface area contributed by atoms with Crippen molar-refractivity contribution < 1.29 is 4.42 Å². The zero-order valence-electron chi connectivity index (χ0n) is 30.2. The summed E-state index contributed by atoms with van der Waals surface area (Å²) in [4.78, 5) is 2.40. The number of furan rings is 1. The van der Waals surface area contributed by atoms with Crippen LogP contribution in [0.15, 0.2) is 199 Å². The van der Waals surface area contributed by atoms with Gasteiger partial charge in [0.25, 0.3) is 0 Å². The number of nitrogens with zero attached hydrogens (tertiary/aromatic N) is 2. The van der Waals surface area contributed by atoms with Crippen molar-refractivity contribution in [2.45, 2.75) is 0 Å². The fourth-order valence-corrected chi connectivity index (χ4v) is 9.95. The number of anilines is 3. The Kier molecular flexibility index (Phi) is 6.80. The van der Waals surface area contributed by atoms with E-state index in [1.807, 2.05) is 11.3 Å². The topological polar surface area (TPSA) is 21.3 Å². The predicted molar refractivity (Wildman–Crippen MR) is 239 cm³/mol. The van der Waals surface area contributed by atoms with Gasteiger partial charge in [0.1, 0.15) is 11.2 Å². The number of hydrogen-bond donors (Lipinski definition) is 0. The average Bonchev–Trinajstić information content (AvgIpc) is 3.94. The molecule has 0 saturated carbocycles. The smallest absolute Gasteiger partial charge is 0.143 e. The second-order valence-corrected chi connectivity index (χ2v) is 15.6. The van der Waals surface area contributed by atoms with Crippen LogP contribution in [0.4, 0.5) is 17.1 Å². The van der Waals surface area contributed by atoms with Gasteiger partial charge in [0.2, 0.25) is 0 Å². The number of benzene rings is 9. The Labute approximate surface area is 326 Å². The van der Waals surface area contributed by atoms with Crippen molar-refractivity contribution in [3.05, 3.63) is 194 Å². The minimum atomic E-state index is 0.876. The molecule has 0 fully saturated rings. The third-order valence-electron chi connectivity index (χ3n) is 11.4. The van der Waals surface area contributed by atoms with Gasteiger partial charge in [-0.05, 0) is 95.4 Å². The summed E-state index contributed by atoms with van der Waals surface area (Å²) < 4.78 is 11.6.